The number of carbonyl (C=O) groups is 2. The van der Waals surface area contributed by atoms with Crippen molar-refractivity contribution in [1.82, 2.24) is 4.90 Å². The minimum atomic E-state index is -0.900. The third-order valence-electron chi connectivity index (χ3n) is 3.92. The van der Waals surface area contributed by atoms with E-state index in [1.807, 2.05) is 13.8 Å². The van der Waals surface area contributed by atoms with E-state index in [9.17, 15) is 14.7 Å². The number of hydrogen-bond acceptors (Lipinski definition) is 3. The van der Waals surface area contributed by atoms with Crippen molar-refractivity contribution in [3.63, 3.8) is 0 Å². The Kier molecular flexibility index (Phi) is 3.38. The van der Waals surface area contributed by atoms with Crippen LogP contribution in [-0.2, 0) is 14.3 Å². The number of rotatable bonds is 4. The lowest BCUT2D eigenvalue weighted by Crippen LogP contribution is -2.45. The van der Waals surface area contributed by atoms with Crippen LogP contribution in [0.5, 0.6) is 0 Å². The zero-order valence-corrected chi connectivity index (χ0v) is 10.3. The summed E-state index contributed by atoms with van der Waals surface area (Å²) in [6.07, 6.45) is 1.13. The van der Waals surface area contributed by atoms with E-state index in [-0.39, 0.29) is 18.1 Å². The molecule has 2 fully saturated rings. The summed E-state index contributed by atoms with van der Waals surface area (Å²) >= 11 is 0. The van der Waals surface area contributed by atoms with E-state index < -0.39 is 17.8 Å². The maximum Gasteiger partial charge on any atom is 0.310 e. The number of fused-ring (bicyclic) bond motifs is 2. The molecule has 96 valence electrons. The highest BCUT2D eigenvalue weighted by Gasteiger charge is 2.56. The highest BCUT2D eigenvalue weighted by Crippen LogP contribution is 2.44. The van der Waals surface area contributed by atoms with Crippen molar-refractivity contribution in [3.8, 4) is 0 Å². The van der Waals surface area contributed by atoms with Crippen LogP contribution in [0.2, 0.25) is 0 Å². The number of carbonyl (C=O) groups excluding carboxylic acids is 1. The number of amides is 1. The van der Waals surface area contributed by atoms with E-state index in [0.29, 0.717) is 13.1 Å². The molecule has 2 bridgehead atoms. The fourth-order valence-corrected chi connectivity index (χ4v) is 3.05. The Balaban J connectivity index is 2.18. The van der Waals surface area contributed by atoms with Crippen molar-refractivity contribution in [2.45, 2.75) is 38.9 Å². The summed E-state index contributed by atoms with van der Waals surface area (Å²) in [5.41, 5.74) is 0. The molecule has 0 radical (unpaired) electrons. The molecule has 2 aliphatic heterocycles. The molecule has 0 spiro atoms. The van der Waals surface area contributed by atoms with Crippen molar-refractivity contribution in [3.05, 3.63) is 0 Å². The molecule has 2 heterocycles. The quantitative estimate of drug-likeness (QED) is 0.788. The van der Waals surface area contributed by atoms with Crippen LogP contribution >= 0.6 is 0 Å². The molecule has 17 heavy (non-hydrogen) atoms. The first kappa shape index (κ1) is 12.4. The second-order valence-corrected chi connectivity index (χ2v) is 4.69. The molecule has 1 N–H and O–H groups in total. The minimum Gasteiger partial charge on any atom is -0.481 e. The Morgan fingerprint density at radius 3 is 2.18 bits per heavy atom. The van der Waals surface area contributed by atoms with E-state index in [4.69, 9.17) is 4.74 Å². The molecule has 0 aromatic carbocycles. The average Bonchev–Trinajstić information content (AvgIpc) is 2.89. The van der Waals surface area contributed by atoms with Gasteiger partial charge in [-0.2, -0.15) is 0 Å². The van der Waals surface area contributed by atoms with E-state index in [2.05, 4.69) is 0 Å². The second-order valence-electron chi connectivity index (χ2n) is 4.69. The lowest BCUT2D eigenvalue weighted by Gasteiger charge is -2.29. The Morgan fingerprint density at radius 2 is 1.71 bits per heavy atom. The zero-order chi connectivity index (χ0) is 12.6. The fourth-order valence-electron chi connectivity index (χ4n) is 3.05. The minimum absolute atomic E-state index is 0.0606. The molecule has 0 saturated carbocycles. The van der Waals surface area contributed by atoms with E-state index in [0.717, 1.165) is 12.8 Å². The highest BCUT2D eigenvalue weighted by atomic mass is 16.5. The van der Waals surface area contributed by atoms with Crippen molar-refractivity contribution >= 4 is 11.9 Å². The van der Waals surface area contributed by atoms with Gasteiger partial charge in [0, 0.05) is 13.1 Å². The monoisotopic (exact) mass is 241 g/mol. The highest BCUT2D eigenvalue weighted by molar-refractivity contribution is 5.86. The molecular formula is C12H19NO4. The average molecular weight is 241 g/mol. The van der Waals surface area contributed by atoms with E-state index in [1.54, 1.807) is 4.90 Å². The van der Waals surface area contributed by atoms with Crippen LogP contribution in [0.25, 0.3) is 0 Å². The molecule has 5 heteroatoms. The third-order valence-corrected chi connectivity index (χ3v) is 3.92. The summed E-state index contributed by atoms with van der Waals surface area (Å²) in [7, 11) is 0. The first-order chi connectivity index (χ1) is 8.10. The van der Waals surface area contributed by atoms with Gasteiger partial charge in [0.15, 0.2) is 0 Å². The molecular weight excluding hydrogens is 222 g/mol. The molecule has 5 nitrogen and oxygen atoms in total. The number of carboxylic acids is 1. The normalized spacial score (nSPS) is 34.9. The van der Waals surface area contributed by atoms with Crippen molar-refractivity contribution in [2.75, 3.05) is 13.1 Å². The number of hydrogen-bond donors (Lipinski definition) is 1. The summed E-state index contributed by atoms with van der Waals surface area (Å²) < 4.78 is 5.59. The first-order valence-electron chi connectivity index (χ1n) is 6.27. The van der Waals surface area contributed by atoms with Gasteiger partial charge in [-0.25, -0.2) is 0 Å². The van der Waals surface area contributed by atoms with Gasteiger partial charge >= 0.3 is 5.97 Å². The van der Waals surface area contributed by atoms with Gasteiger partial charge in [0.2, 0.25) is 5.91 Å². The Hall–Kier alpha value is -1.10. The standard InChI is InChI=1S/C12H19NO4/c1-3-13(4-2)11(14)9-7-5-6-8(17-7)10(9)12(15)16/h7-10H,3-6H2,1-2H3,(H,15,16)/t7-,8-,9-,10+/m1/s1. The lowest BCUT2D eigenvalue weighted by molar-refractivity contribution is -0.150. The lowest BCUT2D eigenvalue weighted by atomic mass is 9.78. The zero-order valence-electron chi connectivity index (χ0n) is 10.3. The van der Waals surface area contributed by atoms with Gasteiger partial charge in [-0.05, 0) is 26.7 Å². The van der Waals surface area contributed by atoms with Crippen LogP contribution in [-0.4, -0.2) is 47.2 Å². The molecule has 1 amide bonds. The summed E-state index contributed by atoms with van der Waals surface area (Å²) in [6, 6.07) is 0. The van der Waals surface area contributed by atoms with Crippen LogP contribution in [0.15, 0.2) is 0 Å². The summed E-state index contributed by atoms with van der Waals surface area (Å²) in [6.45, 7) is 5.06. The number of nitrogens with zero attached hydrogens (tertiary/aromatic N) is 1. The van der Waals surface area contributed by atoms with Gasteiger partial charge in [0.25, 0.3) is 0 Å². The maximum atomic E-state index is 12.3. The summed E-state index contributed by atoms with van der Waals surface area (Å²) in [5, 5.41) is 9.23. The summed E-state index contributed by atoms with van der Waals surface area (Å²) in [4.78, 5) is 25.2. The third kappa shape index (κ3) is 1.92. The largest absolute Gasteiger partial charge is 0.481 e. The van der Waals surface area contributed by atoms with Gasteiger partial charge < -0.3 is 14.7 Å². The molecule has 0 aliphatic carbocycles. The van der Waals surface area contributed by atoms with Crippen molar-refractivity contribution < 1.29 is 19.4 Å². The molecule has 0 aromatic rings. The van der Waals surface area contributed by atoms with E-state index in [1.165, 1.54) is 0 Å². The second kappa shape index (κ2) is 4.64. The molecule has 0 unspecified atom stereocenters. The summed E-state index contributed by atoms with van der Waals surface area (Å²) in [5.74, 6) is -2.09. The van der Waals surface area contributed by atoms with Gasteiger partial charge in [-0.1, -0.05) is 0 Å². The van der Waals surface area contributed by atoms with Crippen LogP contribution < -0.4 is 0 Å². The predicted octanol–water partition coefficient (Wildman–Crippen LogP) is 0.733. The number of aliphatic carboxylic acids is 1. The smallest absolute Gasteiger partial charge is 0.310 e. The van der Waals surface area contributed by atoms with Crippen molar-refractivity contribution in [1.29, 1.82) is 0 Å². The van der Waals surface area contributed by atoms with Crippen LogP contribution in [0.4, 0.5) is 0 Å². The molecule has 2 saturated heterocycles. The van der Waals surface area contributed by atoms with Crippen LogP contribution in [0.3, 0.4) is 0 Å². The van der Waals surface area contributed by atoms with Crippen LogP contribution in [0.1, 0.15) is 26.7 Å². The van der Waals surface area contributed by atoms with Crippen LogP contribution in [0, 0.1) is 11.8 Å². The van der Waals surface area contributed by atoms with Gasteiger partial charge in [-0.15, -0.1) is 0 Å². The Labute approximate surface area is 101 Å². The topological polar surface area (TPSA) is 66.8 Å². The molecule has 0 aromatic heterocycles. The predicted molar refractivity (Wildman–Crippen MR) is 60.4 cm³/mol. The molecule has 2 aliphatic rings. The number of carboxylic acid groups (broad SMARTS) is 1. The Morgan fingerprint density at radius 1 is 1.18 bits per heavy atom. The first-order valence-corrected chi connectivity index (χ1v) is 6.27. The van der Waals surface area contributed by atoms with Gasteiger partial charge in [0.1, 0.15) is 0 Å². The SMILES string of the molecule is CCN(CC)C(=O)[C@H]1[C@@H](C(=O)O)[C@H]2CC[C@H]1O2. The molecule has 4 atom stereocenters. The Bertz CT molecular complexity index is 326. The fraction of sp³-hybridized carbons (Fsp3) is 0.833. The van der Waals surface area contributed by atoms with Gasteiger partial charge in [0.05, 0.1) is 24.0 Å². The van der Waals surface area contributed by atoms with Crippen molar-refractivity contribution in [2.24, 2.45) is 11.8 Å². The maximum absolute atomic E-state index is 12.3. The van der Waals surface area contributed by atoms with Gasteiger partial charge in [-0.3, -0.25) is 9.59 Å². The molecule has 2 rings (SSSR count). The number of ether oxygens (including phenoxy) is 1. The van der Waals surface area contributed by atoms with E-state index >= 15 is 0 Å².